The predicted molar refractivity (Wildman–Crippen MR) is 110 cm³/mol. The number of alkyl halides is 3. The summed E-state index contributed by atoms with van der Waals surface area (Å²) in [6.45, 7) is 0. The first kappa shape index (κ1) is 14.9. The van der Waals surface area contributed by atoms with Crippen molar-refractivity contribution < 1.29 is 9.53 Å². The third kappa shape index (κ3) is 0.626. The minimum Gasteiger partial charge on any atom is -0.468 e. The zero-order valence-corrected chi connectivity index (χ0v) is 20.3. The first-order valence-corrected chi connectivity index (χ1v) is 13.9. The Morgan fingerprint density at radius 2 is 1.29 bits per heavy atom. The number of fused-ring (bicyclic) bond motifs is 1. The number of hydrogen-bond donors (Lipinski definition) is 0. The summed E-state index contributed by atoms with van der Waals surface area (Å²) in [5.74, 6) is 8.28. The molecule has 0 heterocycles. The molecule has 0 aliphatic heterocycles. The molecule has 4 spiro atoms. The second kappa shape index (κ2) is 3.09. The van der Waals surface area contributed by atoms with Crippen molar-refractivity contribution in [3.8, 4) is 0 Å². The van der Waals surface area contributed by atoms with Gasteiger partial charge in [-0.2, -0.15) is 0 Å². The number of hydrogen-bond acceptors (Lipinski definition) is 2. The van der Waals surface area contributed by atoms with Crippen LogP contribution >= 0.6 is 47.8 Å². The molecule has 0 aromatic rings. The maximum absolute atomic E-state index is 13.6. The lowest BCUT2D eigenvalue weighted by Crippen LogP contribution is -2.84. The third-order valence-corrected chi connectivity index (χ3v) is 19.3. The van der Waals surface area contributed by atoms with Gasteiger partial charge in [-0.3, -0.25) is 4.79 Å². The van der Waals surface area contributed by atoms with E-state index in [0.717, 1.165) is 35.5 Å². The smallest absolute Gasteiger partial charge is 0.323 e. The van der Waals surface area contributed by atoms with Gasteiger partial charge >= 0.3 is 5.97 Å². The molecule has 8 bridgehead atoms. The number of halogens is 3. The Bertz CT molecular complexity index is 1010. The fourth-order valence-corrected chi connectivity index (χ4v) is 22.1. The normalized spacial score (nSPS) is 91.4. The number of carbonyl (C=O) groups is 1. The third-order valence-electron chi connectivity index (χ3n) is 14.9. The van der Waals surface area contributed by atoms with Gasteiger partial charge in [0.05, 0.1) is 7.11 Å². The molecular weight excluding hydrogens is 548 g/mol. The monoisotopic (exact) mass is 566 g/mol. The topological polar surface area (TPSA) is 26.3 Å². The van der Waals surface area contributed by atoms with Crippen LogP contribution in [0.5, 0.6) is 0 Å². The zero-order valence-electron chi connectivity index (χ0n) is 15.6. The second-order valence-corrected chi connectivity index (χ2v) is 17.0. The molecule has 0 aromatic carbocycles. The molecule has 0 amide bonds. The van der Waals surface area contributed by atoms with Crippen LogP contribution in [0.25, 0.3) is 0 Å². The van der Waals surface area contributed by atoms with Crippen LogP contribution in [0, 0.1) is 80.8 Å². The quantitative estimate of drug-likeness (QED) is 0.347. The summed E-state index contributed by atoms with van der Waals surface area (Å²) in [5, 5.41) is 0. The highest BCUT2D eigenvalue weighted by Crippen LogP contribution is 3.24. The molecule has 0 N–H and O–H groups in total. The van der Waals surface area contributed by atoms with Crippen molar-refractivity contribution in [3.63, 3.8) is 0 Å². The van der Waals surface area contributed by atoms with Gasteiger partial charge in [0, 0.05) is 19.5 Å². The highest BCUT2D eigenvalue weighted by atomic mass is 79.9. The van der Waals surface area contributed by atoms with Crippen molar-refractivity contribution in [2.45, 2.75) is 38.7 Å². The number of ether oxygens (including phenoxy) is 1. The average Bonchev–Trinajstić information content (AvgIpc) is 3.44. The molecule has 2 nitrogen and oxygen atoms in total. The van der Waals surface area contributed by atoms with Gasteiger partial charge in [-0.1, -0.05) is 47.8 Å². The summed E-state index contributed by atoms with van der Waals surface area (Å²) >= 11 is 13.5. The first-order valence-electron chi connectivity index (χ1n) is 11.5. The molecule has 13 fully saturated rings. The summed E-state index contributed by atoms with van der Waals surface area (Å²) in [6.07, 6.45) is 5.74. The highest BCUT2D eigenvalue weighted by Gasteiger charge is 3.24. The van der Waals surface area contributed by atoms with E-state index in [1.165, 1.54) is 19.3 Å². The molecule has 1 unspecified atom stereocenters. The number of carbonyl (C=O) groups excluding carboxylic acids is 1. The Hall–Kier alpha value is 0.910. The van der Waals surface area contributed by atoms with Crippen molar-refractivity contribution in [2.75, 3.05) is 7.11 Å². The number of methoxy groups -OCH3 is 1. The van der Waals surface area contributed by atoms with Crippen LogP contribution in [0.4, 0.5) is 0 Å². The first-order chi connectivity index (χ1) is 13.4. The summed E-state index contributed by atoms with van der Waals surface area (Å²) in [7, 11) is 1.63. The standard InChI is InChI=1S/C23H21Br3O2/c1-28-16(27)19(26)14-12-13-15(19)21-7-4-6-10-8-5-9(11(7)10)23(21)18(13,25)3-2-17(12,24)22(8,23)20(6,14)21/h6-15H,2-5H2,1H3/t6-,7+,8+,9-,10-,11-,12-,13-,14-,15+,17+,18-,19?,20-,21+,22+,23-/m1/s1. The van der Waals surface area contributed by atoms with E-state index in [0.29, 0.717) is 54.0 Å². The van der Waals surface area contributed by atoms with E-state index >= 15 is 0 Å². The van der Waals surface area contributed by atoms with Crippen LogP contribution in [-0.2, 0) is 9.53 Å². The van der Waals surface area contributed by atoms with E-state index in [9.17, 15) is 4.79 Å². The van der Waals surface area contributed by atoms with Gasteiger partial charge in [0.2, 0.25) is 0 Å². The molecule has 0 radical (unpaired) electrons. The lowest BCUT2D eigenvalue weighted by Gasteiger charge is -2.82. The van der Waals surface area contributed by atoms with Crippen LogP contribution < -0.4 is 0 Å². The molecular formula is C23H21Br3O2. The van der Waals surface area contributed by atoms with Gasteiger partial charge in [0.25, 0.3) is 0 Å². The molecule has 13 aliphatic rings. The predicted octanol–water partition coefficient (Wildman–Crippen LogP) is 4.38. The summed E-state index contributed by atoms with van der Waals surface area (Å²) in [4.78, 5) is 13.6. The molecule has 0 saturated heterocycles. The SMILES string of the molecule is COC(=O)C1(Br)[C@H]2[C@H]3[C@@H]4[C@@H]1[C@@]15[C@H]6C[C@@H]7[C@H]8[C@H]6[C@H]6C[C@@H]8[C@]8([C@]721)[C@@]65[C@@]4(Br)CC[C@]38Br. The average molecular weight is 569 g/mol. The molecule has 28 heavy (non-hydrogen) atoms. The van der Waals surface area contributed by atoms with E-state index in [1.807, 2.05) is 0 Å². The fraction of sp³-hybridized carbons (Fsp3) is 0.957. The lowest BCUT2D eigenvalue weighted by molar-refractivity contribution is -0.321. The minimum absolute atomic E-state index is 0.0771. The lowest BCUT2D eigenvalue weighted by atomic mass is 9.24. The Morgan fingerprint density at radius 3 is 1.75 bits per heavy atom. The Kier molecular flexibility index (Phi) is 1.64. The molecule has 13 saturated carbocycles. The molecule has 17 atom stereocenters. The fourth-order valence-electron chi connectivity index (χ4n) is 17.3. The number of rotatable bonds is 1. The van der Waals surface area contributed by atoms with E-state index in [4.69, 9.17) is 4.74 Å². The largest absolute Gasteiger partial charge is 0.468 e. The van der Waals surface area contributed by atoms with Crippen LogP contribution in [-0.4, -0.2) is 26.1 Å². The zero-order chi connectivity index (χ0) is 18.4. The summed E-state index contributed by atoms with van der Waals surface area (Å²) in [5.41, 5.74) is 1.93. The Balaban J connectivity index is 1.44. The van der Waals surface area contributed by atoms with E-state index in [2.05, 4.69) is 47.8 Å². The van der Waals surface area contributed by atoms with Crippen molar-refractivity contribution in [1.29, 1.82) is 0 Å². The van der Waals surface area contributed by atoms with E-state index < -0.39 is 4.32 Å². The molecule has 13 rings (SSSR count). The molecule has 13 aliphatic carbocycles. The highest BCUT2D eigenvalue weighted by molar-refractivity contribution is 9.10. The summed E-state index contributed by atoms with van der Waals surface area (Å²) < 4.78 is 5.81. The van der Waals surface area contributed by atoms with Crippen LogP contribution in [0.2, 0.25) is 0 Å². The van der Waals surface area contributed by atoms with Crippen LogP contribution in [0.3, 0.4) is 0 Å². The van der Waals surface area contributed by atoms with Gasteiger partial charge in [0.1, 0.15) is 4.32 Å². The molecule has 0 aromatic heterocycles. The van der Waals surface area contributed by atoms with Gasteiger partial charge in [0.15, 0.2) is 0 Å². The molecule has 146 valence electrons. The van der Waals surface area contributed by atoms with E-state index in [-0.39, 0.29) is 5.97 Å². The van der Waals surface area contributed by atoms with Gasteiger partial charge in [-0.25, -0.2) is 0 Å². The maximum Gasteiger partial charge on any atom is 0.323 e. The van der Waals surface area contributed by atoms with Gasteiger partial charge in [-0.15, -0.1) is 0 Å². The van der Waals surface area contributed by atoms with Crippen molar-refractivity contribution in [1.82, 2.24) is 0 Å². The number of esters is 1. The van der Waals surface area contributed by atoms with Crippen LogP contribution in [0.1, 0.15) is 25.7 Å². The van der Waals surface area contributed by atoms with Crippen molar-refractivity contribution in [2.24, 2.45) is 80.8 Å². The Labute approximate surface area is 189 Å². The van der Waals surface area contributed by atoms with Crippen molar-refractivity contribution in [3.05, 3.63) is 0 Å². The Morgan fingerprint density at radius 1 is 0.821 bits per heavy atom. The minimum atomic E-state index is -0.406. The molecule has 5 heteroatoms. The van der Waals surface area contributed by atoms with E-state index in [1.54, 1.807) is 13.5 Å². The second-order valence-electron chi connectivity index (χ2n) is 12.9. The van der Waals surface area contributed by atoms with Crippen LogP contribution in [0.15, 0.2) is 0 Å². The summed E-state index contributed by atoms with van der Waals surface area (Å²) in [6, 6.07) is 0. The van der Waals surface area contributed by atoms with Gasteiger partial charge < -0.3 is 4.74 Å². The van der Waals surface area contributed by atoms with Crippen molar-refractivity contribution >= 4 is 53.8 Å². The van der Waals surface area contributed by atoms with Gasteiger partial charge in [-0.05, 0) is 95.7 Å². The maximum atomic E-state index is 13.6.